The van der Waals surface area contributed by atoms with Crippen LogP contribution in [0.25, 0.3) is 0 Å². The van der Waals surface area contributed by atoms with Crippen LogP contribution in [-0.4, -0.2) is 45.4 Å². The first-order valence-electron chi connectivity index (χ1n) is 8.31. The van der Waals surface area contributed by atoms with Gasteiger partial charge in [-0.15, -0.1) is 0 Å². The maximum absolute atomic E-state index is 11.4. The lowest BCUT2D eigenvalue weighted by Crippen LogP contribution is -2.43. The zero-order valence-electron chi connectivity index (χ0n) is 14.2. The van der Waals surface area contributed by atoms with Crippen molar-refractivity contribution in [3.63, 3.8) is 0 Å². The number of carbonyl (C=O) groups excluding carboxylic acids is 1. The second-order valence-corrected chi connectivity index (χ2v) is 5.84. The van der Waals surface area contributed by atoms with E-state index in [-0.39, 0.29) is 6.61 Å². The number of carboxylic acid groups (broad SMARTS) is 2. The molecule has 0 aromatic heterocycles. The maximum atomic E-state index is 11.4. The summed E-state index contributed by atoms with van der Waals surface area (Å²) < 4.78 is 0. The summed E-state index contributed by atoms with van der Waals surface area (Å²) in [5.74, 6) is -4.46. The van der Waals surface area contributed by atoms with E-state index in [1.54, 1.807) is 0 Å². The van der Waals surface area contributed by atoms with Crippen LogP contribution in [0.3, 0.4) is 0 Å². The highest BCUT2D eigenvalue weighted by molar-refractivity contribution is 5.88. The van der Waals surface area contributed by atoms with Crippen LogP contribution in [0.5, 0.6) is 0 Å². The lowest BCUT2D eigenvalue weighted by Gasteiger charge is -2.19. The van der Waals surface area contributed by atoms with Crippen molar-refractivity contribution in [2.45, 2.75) is 76.7 Å². The third kappa shape index (κ3) is 11.0. The summed E-state index contributed by atoms with van der Waals surface area (Å²) in [6.07, 6.45) is 6.67. The van der Waals surface area contributed by atoms with Crippen molar-refractivity contribution in [1.82, 2.24) is 0 Å². The molecule has 0 aliphatic rings. The fourth-order valence-electron chi connectivity index (χ4n) is 2.13. The Morgan fingerprint density at radius 3 is 1.92 bits per heavy atom. The average molecular weight is 348 g/mol. The monoisotopic (exact) mass is 348 g/mol. The Hall–Kier alpha value is -1.67. The number of aliphatic hydroxyl groups is 1. The second kappa shape index (κ2) is 12.7. The van der Waals surface area contributed by atoms with Crippen LogP contribution in [0.4, 0.5) is 0 Å². The molecule has 0 radical (unpaired) electrons. The summed E-state index contributed by atoms with van der Waals surface area (Å²) >= 11 is 0. The summed E-state index contributed by atoms with van der Waals surface area (Å²) in [4.78, 5) is 41.9. The van der Waals surface area contributed by atoms with Crippen molar-refractivity contribution in [1.29, 1.82) is 0 Å². The molecular weight excluding hydrogens is 320 g/mol. The third-order valence-corrected chi connectivity index (χ3v) is 3.51. The zero-order valence-corrected chi connectivity index (χ0v) is 14.2. The largest absolute Gasteiger partial charge is 0.481 e. The highest BCUT2D eigenvalue weighted by Gasteiger charge is 2.41. The van der Waals surface area contributed by atoms with E-state index in [1.807, 2.05) is 0 Å². The molecule has 0 spiro atoms. The smallest absolute Gasteiger partial charge is 0.345 e. The highest BCUT2D eigenvalue weighted by atomic mass is 17.2. The molecule has 8 nitrogen and oxygen atoms in total. The van der Waals surface area contributed by atoms with Crippen LogP contribution in [0.1, 0.15) is 71.1 Å². The van der Waals surface area contributed by atoms with Gasteiger partial charge in [0, 0.05) is 0 Å². The van der Waals surface area contributed by atoms with Gasteiger partial charge in [-0.2, -0.15) is 4.89 Å². The lowest BCUT2D eigenvalue weighted by atomic mass is 9.96. The summed E-state index contributed by atoms with van der Waals surface area (Å²) in [6.45, 7) is 2.34. The van der Waals surface area contributed by atoms with E-state index in [0.717, 1.165) is 19.3 Å². The van der Waals surface area contributed by atoms with E-state index in [0.29, 0.717) is 6.42 Å². The summed E-state index contributed by atoms with van der Waals surface area (Å²) in [5.41, 5.74) is -2.70. The number of unbranched alkanes of at least 4 members (excludes halogenated alkanes) is 7. The van der Waals surface area contributed by atoms with Crippen LogP contribution in [-0.2, 0) is 24.2 Å². The van der Waals surface area contributed by atoms with E-state index in [2.05, 4.69) is 16.7 Å². The van der Waals surface area contributed by atoms with Gasteiger partial charge in [0.1, 0.15) is 0 Å². The number of carbonyl (C=O) groups is 3. The molecule has 0 rings (SSSR count). The van der Waals surface area contributed by atoms with Gasteiger partial charge in [-0.05, 0) is 6.42 Å². The van der Waals surface area contributed by atoms with Crippen LogP contribution < -0.4 is 0 Å². The Kier molecular flexibility index (Phi) is 11.8. The van der Waals surface area contributed by atoms with Crippen LogP contribution in [0.2, 0.25) is 0 Å². The molecule has 0 saturated carbocycles. The van der Waals surface area contributed by atoms with Crippen LogP contribution in [0.15, 0.2) is 0 Å². The van der Waals surface area contributed by atoms with Crippen molar-refractivity contribution in [3.8, 4) is 0 Å². The highest BCUT2D eigenvalue weighted by Crippen LogP contribution is 2.17. The van der Waals surface area contributed by atoms with E-state index in [9.17, 15) is 19.5 Å². The van der Waals surface area contributed by atoms with Gasteiger partial charge in [-0.25, -0.2) is 9.59 Å². The van der Waals surface area contributed by atoms with Crippen molar-refractivity contribution < 1.29 is 39.5 Å². The minimum Gasteiger partial charge on any atom is -0.481 e. The van der Waals surface area contributed by atoms with Crippen molar-refractivity contribution >= 4 is 17.9 Å². The molecule has 24 heavy (non-hydrogen) atoms. The van der Waals surface area contributed by atoms with Gasteiger partial charge in [0.15, 0.2) is 5.60 Å². The molecule has 0 heterocycles. The fourth-order valence-corrected chi connectivity index (χ4v) is 2.13. The minimum absolute atomic E-state index is 0.172. The van der Waals surface area contributed by atoms with Crippen LogP contribution in [0, 0.1) is 0 Å². The predicted molar refractivity (Wildman–Crippen MR) is 84.1 cm³/mol. The summed E-state index contributed by atoms with van der Waals surface area (Å²) in [7, 11) is 0. The van der Waals surface area contributed by atoms with Gasteiger partial charge in [0.2, 0.25) is 0 Å². The van der Waals surface area contributed by atoms with Crippen molar-refractivity contribution in [2.24, 2.45) is 0 Å². The molecule has 1 unspecified atom stereocenters. The van der Waals surface area contributed by atoms with Gasteiger partial charge in [0.05, 0.1) is 19.4 Å². The quantitative estimate of drug-likeness (QED) is 0.233. The van der Waals surface area contributed by atoms with Gasteiger partial charge in [-0.3, -0.25) is 9.68 Å². The molecular formula is C16H28O8. The first kappa shape index (κ1) is 22.3. The van der Waals surface area contributed by atoms with Gasteiger partial charge < -0.3 is 15.3 Å². The van der Waals surface area contributed by atoms with Gasteiger partial charge in [-0.1, -0.05) is 51.9 Å². The second-order valence-electron chi connectivity index (χ2n) is 5.84. The number of rotatable bonds is 15. The van der Waals surface area contributed by atoms with E-state index in [1.165, 1.54) is 25.7 Å². The Morgan fingerprint density at radius 1 is 0.875 bits per heavy atom. The molecule has 140 valence electrons. The van der Waals surface area contributed by atoms with Crippen molar-refractivity contribution in [2.75, 3.05) is 6.61 Å². The number of hydrogen-bond donors (Lipinski definition) is 3. The van der Waals surface area contributed by atoms with Crippen LogP contribution >= 0.6 is 0 Å². The number of carboxylic acids is 2. The number of aliphatic carboxylic acids is 2. The average Bonchev–Trinajstić information content (AvgIpc) is 2.48. The van der Waals surface area contributed by atoms with E-state index < -0.39 is 36.4 Å². The van der Waals surface area contributed by atoms with E-state index >= 15 is 0 Å². The zero-order chi connectivity index (χ0) is 18.4. The van der Waals surface area contributed by atoms with Gasteiger partial charge in [0.25, 0.3) is 0 Å². The van der Waals surface area contributed by atoms with E-state index in [4.69, 9.17) is 10.2 Å². The molecule has 0 fully saturated rings. The molecule has 3 N–H and O–H groups in total. The Balaban J connectivity index is 3.78. The molecule has 0 aromatic carbocycles. The lowest BCUT2D eigenvalue weighted by molar-refractivity contribution is -0.275. The Bertz CT molecular complexity index is 396. The molecule has 8 heteroatoms. The first-order valence-corrected chi connectivity index (χ1v) is 8.31. The topological polar surface area (TPSA) is 130 Å². The summed E-state index contributed by atoms with van der Waals surface area (Å²) in [6, 6.07) is 0. The maximum Gasteiger partial charge on any atom is 0.345 e. The molecule has 0 aliphatic carbocycles. The normalized spacial score (nSPS) is 13.2. The number of hydrogen-bond acceptors (Lipinski definition) is 6. The van der Waals surface area contributed by atoms with Gasteiger partial charge >= 0.3 is 17.9 Å². The Labute approximate surface area is 141 Å². The molecule has 0 amide bonds. The van der Waals surface area contributed by atoms with Crippen molar-refractivity contribution in [3.05, 3.63) is 0 Å². The molecule has 0 aliphatic heterocycles. The minimum atomic E-state index is -2.70. The fraction of sp³-hybridized carbons (Fsp3) is 0.812. The summed E-state index contributed by atoms with van der Waals surface area (Å²) in [5, 5.41) is 27.0. The SMILES string of the molecule is CCCCCCCCCCOOC(=O)CC(O)(CC(=O)O)C(=O)O. The molecule has 0 saturated heterocycles. The molecule has 0 aromatic rings. The molecule has 1 atom stereocenters. The Morgan fingerprint density at radius 2 is 1.42 bits per heavy atom. The third-order valence-electron chi connectivity index (χ3n) is 3.51. The molecule has 0 bridgehead atoms. The standard InChI is InChI=1S/C16H28O8/c1-2-3-4-5-6-7-8-9-10-23-24-14(19)12-16(22,15(20)21)11-13(17)18/h22H,2-12H2,1H3,(H,17,18)(H,20,21). The predicted octanol–water partition coefficient (Wildman–Crippen LogP) is 2.28. The first-order chi connectivity index (χ1) is 11.3.